The van der Waals surface area contributed by atoms with Crippen LogP contribution in [0.2, 0.25) is 5.02 Å². The number of nitrogens with zero attached hydrogens (tertiary/aromatic N) is 2. The van der Waals surface area contributed by atoms with E-state index in [1.54, 1.807) is 18.0 Å². The van der Waals surface area contributed by atoms with Crippen molar-refractivity contribution in [2.24, 2.45) is 5.92 Å². The van der Waals surface area contributed by atoms with Crippen LogP contribution in [-0.2, 0) is 9.53 Å². The molecule has 162 valence electrons. The molecule has 1 aliphatic heterocycles. The van der Waals surface area contributed by atoms with E-state index in [1.165, 1.54) is 0 Å². The van der Waals surface area contributed by atoms with Gasteiger partial charge in [-0.25, -0.2) is 4.79 Å². The maximum absolute atomic E-state index is 12.6. The van der Waals surface area contributed by atoms with Gasteiger partial charge in [-0.3, -0.25) is 9.78 Å². The molecule has 0 spiro atoms. The van der Waals surface area contributed by atoms with Crippen LogP contribution in [0.5, 0.6) is 0 Å². The molecule has 4 rings (SSSR count). The molecule has 7 heteroatoms. The first-order valence-corrected chi connectivity index (χ1v) is 11.7. The number of ketones is 1. The van der Waals surface area contributed by atoms with Crippen molar-refractivity contribution < 1.29 is 14.3 Å². The molecule has 0 saturated carbocycles. The fourth-order valence-electron chi connectivity index (χ4n) is 4.65. The summed E-state index contributed by atoms with van der Waals surface area (Å²) in [5, 5.41) is 0.633. The molecule has 1 aromatic carbocycles. The number of allylic oxidation sites excluding steroid dienone is 1. The zero-order chi connectivity index (χ0) is 22.1. The molecular formula is C24H24BrClN2O3. The van der Waals surface area contributed by atoms with Gasteiger partial charge >= 0.3 is 6.09 Å². The fraction of sp³-hybridized carbons (Fsp3) is 0.375. The SMILES string of the molecule is CCOC(=O)N1CCC(C2c3ccc(Cl)cc3C=C(C(C)=O)c3cc(Br)cnc32)CC1. The topological polar surface area (TPSA) is 59.5 Å². The Morgan fingerprint density at radius 2 is 2.00 bits per heavy atom. The highest BCUT2D eigenvalue weighted by Crippen LogP contribution is 2.45. The Morgan fingerprint density at radius 3 is 2.68 bits per heavy atom. The largest absolute Gasteiger partial charge is 0.450 e. The molecule has 2 aliphatic rings. The second-order valence-electron chi connectivity index (χ2n) is 7.97. The van der Waals surface area contributed by atoms with Gasteiger partial charge in [0.05, 0.1) is 12.3 Å². The molecule has 31 heavy (non-hydrogen) atoms. The maximum Gasteiger partial charge on any atom is 0.409 e. The number of halogens is 2. The van der Waals surface area contributed by atoms with Crippen molar-refractivity contribution in [2.75, 3.05) is 19.7 Å². The Bertz CT molecular complexity index is 1060. The smallest absolute Gasteiger partial charge is 0.409 e. The molecule has 2 heterocycles. The van der Waals surface area contributed by atoms with Gasteiger partial charge in [0, 0.05) is 45.8 Å². The van der Waals surface area contributed by atoms with Gasteiger partial charge in [-0.2, -0.15) is 0 Å². The van der Waals surface area contributed by atoms with Crippen LogP contribution >= 0.6 is 27.5 Å². The van der Waals surface area contributed by atoms with Crippen LogP contribution in [0.3, 0.4) is 0 Å². The van der Waals surface area contributed by atoms with E-state index in [-0.39, 0.29) is 23.7 Å². The quantitative estimate of drug-likeness (QED) is 0.520. The summed E-state index contributed by atoms with van der Waals surface area (Å²) in [6.45, 7) is 5.06. The number of Topliss-reactive ketones (excluding diaryl/α,β-unsaturated/α-hetero) is 1. The summed E-state index contributed by atoms with van der Waals surface area (Å²) in [5.41, 5.74) is 4.46. The molecule has 1 atom stereocenters. The van der Waals surface area contributed by atoms with Gasteiger partial charge < -0.3 is 9.64 Å². The third-order valence-electron chi connectivity index (χ3n) is 6.07. The van der Waals surface area contributed by atoms with Gasteiger partial charge in [-0.05, 0) is 83.9 Å². The molecule has 1 aromatic heterocycles. The number of ether oxygens (including phenoxy) is 1. The van der Waals surface area contributed by atoms with E-state index in [4.69, 9.17) is 21.3 Å². The third-order valence-corrected chi connectivity index (χ3v) is 6.74. The van der Waals surface area contributed by atoms with Crippen molar-refractivity contribution in [3.63, 3.8) is 0 Å². The lowest BCUT2D eigenvalue weighted by Gasteiger charge is -2.36. The summed E-state index contributed by atoms with van der Waals surface area (Å²) < 4.78 is 6.00. The van der Waals surface area contributed by atoms with Crippen LogP contribution in [-0.4, -0.2) is 41.5 Å². The number of carbonyl (C=O) groups is 2. The number of aromatic nitrogens is 1. The van der Waals surface area contributed by atoms with Crippen LogP contribution in [0.25, 0.3) is 11.6 Å². The molecule has 5 nitrogen and oxygen atoms in total. The van der Waals surface area contributed by atoms with E-state index in [1.807, 2.05) is 37.3 Å². The van der Waals surface area contributed by atoms with Crippen molar-refractivity contribution in [3.8, 4) is 0 Å². The van der Waals surface area contributed by atoms with Gasteiger partial charge in [0.15, 0.2) is 5.78 Å². The summed E-state index contributed by atoms with van der Waals surface area (Å²) in [5.74, 6) is 0.274. The highest BCUT2D eigenvalue weighted by Gasteiger charge is 2.36. The van der Waals surface area contributed by atoms with Crippen LogP contribution in [0, 0.1) is 5.92 Å². The van der Waals surface area contributed by atoms with Crippen LogP contribution < -0.4 is 0 Å². The molecular weight excluding hydrogens is 480 g/mol. The first-order valence-electron chi connectivity index (χ1n) is 10.5. The third kappa shape index (κ3) is 4.41. The number of carbonyl (C=O) groups excluding carboxylic acids is 2. The second-order valence-corrected chi connectivity index (χ2v) is 9.33. The van der Waals surface area contributed by atoms with E-state index >= 15 is 0 Å². The van der Waals surface area contributed by atoms with Crippen molar-refractivity contribution >= 4 is 51.1 Å². The van der Waals surface area contributed by atoms with Gasteiger partial charge in [-0.1, -0.05) is 17.7 Å². The Morgan fingerprint density at radius 1 is 1.26 bits per heavy atom. The van der Waals surface area contributed by atoms with E-state index in [0.29, 0.717) is 30.3 Å². The number of benzene rings is 1. The summed E-state index contributed by atoms with van der Waals surface area (Å²) in [4.78, 5) is 31.3. The molecule has 1 fully saturated rings. The zero-order valence-electron chi connectivity index (χ0n) is 17.5. The van der Waals surface area contributed by atoms with Gasteiger partial charge in [0.25, 0.3) is 0 Å². The average Bonchev–Trinajstić information content (AvgIpc) is 2.88. The van der Waals surface area contributed by atoms with E-state index < -0.39 is 0 Å². The van der Waals surface area contributed by atoms with Gasteiger partial charge in [0.1, 0.15) is 0 Å². The van der Waals surface area contributed by atoms with Crippen molar-refractivity contribution in [3.05, 3.63) is 62.3 Å². The molecule has 0 bridgehead atoms. The predicted octanol–water partition coefficient (Wildman–Crippen LogP) is 5.94. The number of hydrogen-bond acceptors (Lipinski definition) is 4. The number of rotatable bonds is 3. The standard InChI is InChI=1S/C24H24BrClN2O3/c1-3-31-24(30)28-8-6-15(7-9-28)22-19-5-4-18(26)10-16(19)11-20(14(2)29)21-12-17(25)13-27-23(21)22/h4-5,10-13,15,22H,3,6-9H2,1-2H3. The monoisotopic (exact) mass is 502 g/mol. The van der Waals surface area contributed by atoms with Crippen molar-refractivity contribution in [2.45, 2.75) is 32.6 Å². The summed E-state index contributed by atoms with van der Waals surface area (Å²) in [7, 11) is 0. The van der Waals surface area contributed by atoms with Gasteiger partial charge in [-0.15, -0.1) is 0 Å². The highest BCUT2D eigenvalue weighted by atomic mass is 79.9. The number of piperidine rings is 1. The molecule has 1 unspecified atom stereocenters. The predicted molar refractivity (Wildman–Crippen MR) is 125 cm³/mol. The van der Waals surface area contributed by atoms with E-state index in [2.05, 4.69) is 15.9 Å². The fourth-order valence-corrected chi connectivity index (χ4v) is 5.16. The minimum atomic E-state index is -0.253. The molecule has 1 aliphatic carbocycles. The molecule has 0 N–H and O–H groups in total. The van der Waals surface area contributed by atoms with Crippen molar-refractivity contribution in [1.29, 1.82) is 0 Å². The van der Waals surface area contributed by atoms with Crippen LogP contribution in [0.1, 0.15) is 55.0 Å². The van der Waals surface area contributed by atoms with Crippen LogP contribution in [0.4, 0.5) is 4.79 Å². The Kier molecular flexibility index (Phi) is 6.49. The molecule has 2 aromatic rings. The normalized spacial score (nSPS) is 18.5. The maximum atomic E-state index is 12.6. The minimum absolute atomic E-state index is 0.00723. The lowest BCUT2D eigenvalue weighted by molar-refractivity contribution is -0.111. The summed E-state index contributed by atoms with van der Waals surface area (Å²) in [6.07, 6.45) is 5.13. The van der Waals surface area contributed by atoms with Gasteiger partial charge in [0.2, 0.25) is 0 Å². The molecule has 1 saturated heterocycles. The first-order chi connectivity index (χ1) is 14.9. The Balaban J connectivity index is 1.78. The molecule has 1 amide bonds. The van der Waals surface area contributed by atoms with E-state index in [0.717, 1.165) is 39.7 Å². The lowest BCUT2D eigenvalue weighted by atomic mass is 9.76. The summed E-state index contributed by atoms with van der Waals surface area (Å²) in [6, 6.07) is 7.84. The van der Waals surface area contributed by atoms with E-state index in [9.17, 15) is 9.59 Å². The van der Waals surface area contributed by atoms with Crippen LogP contribution in [0.15, 0.2) is 34.9 Å². The summed E-state index contributed by atoms with van der Waals surface area (Å²) >= 11 is 9.83. The average molecular weight is 504 g/mol. The molecule has 0 radical (unpaired) electrons. The highest BCUT2D eigenvalue weighted by molar-refractivity contribution is 9.10. The second kappa shape index (κ2) is 9.13. The number of fused-ring (bicyclic) bond motifs is 2. The number of hydrogen-bond donors (Lipinski definition) is 0. The number of likely N-dealkylation sites (tertiary alicyclic amines) is 1. The Labute approximate surface area is 195 Å². The first kappa shape index (κ1) is 22.0. The minimum Gasteiger partial charge on any atom is -0.450 e. The number of amides is 1. The zero-order valence-corrected chi connectivity index (χ0v) is 19.9. The number of pyridine rings is 1. The van der Waals surface area contributed by atoms with Crippen molar-refractivity contribution in [1.82, 2.24) is 9.88 Å². The Hall–Kier alpha value is -2.18. The lowest BCUT2D eigenvalue weighted by Crippen LogP contribution is -2.40.